The molecule has 32 heavy (non-hydrogen) atoms. The Labute approximate surface area is 186 Å². The van der Waals surface area contributed by atoms with Gasteiger partial charge in [-0.05, 0) is 68.5 Å². The number of nitrogens with zero attached hydrogens (tertiary/aromatic N) is 2. The molecular formula is C25H26N4O3. The molecule has 7 nitrogen and oxygen atoms in total. The summed E-state index contributed by atoms with van der Waals surface area (Å²) in [7, 11) is 0. The lowest BCUT2D eigenvalue weighted by molar-refractivity contribution is -0.116. The van der Waals surface area contributed by atoms with Crippen molar-refractivity contribution in [1.29, 1.82) is 0 Å². The average molecular weight is 431 g/mol. The highest BCUT2D eigenvalue weighted by atomic mass is 16.5. The Bertz CT molecular complexity index is 1180. The molecule has 3 aromatic rings. The molecule has 0 bridgehead atoms. The van der Waals surface area contributed by atoms with Crippen LogP contribution in [0.1, 0.15) is 45.7 Å². The maximum atomic E-state index is 12.9. The van der Waals surface area contributed by atoms with Crippen LogP contribution in [0, 0.1) is 6.92 Å². The first-order chi connectivity index (χ1) is 15.6. The average Bonchev–Trinajstić information content (AvgIpc) is 3.40. The summed E-state index contributed by atoms with van der Waals surface area (Å²) in [6.07, 6.45) is 4.06. The minimum atomic E-state index is -0.161. The molecule has 2 aliphatic rings. The number of fused-ring (bicyclic) bond motifs is 2. The highest BCUT2D eigenvalue weighted by Crippen LogP contribution is 2.28. The maximum absolute atomic E-state index is 12.9. The normalized spacial score (nSPS) is 14.5. The molecule has 7 heteroatoms. The molecule has 1 aromatic heterocycles. The van der Waals surface area contributed by atoms with Crippen LogP contribution >= 0.6 is 0 Å². The van der Waals surface area contributed by atoms with Crippen LogP contribution in [-0.4, -0.2) is 34.7 Å². The first kappa shape index (κ1) is 20.3. The number of amides is 2. The van der Waals surface area contributed by atoms with Gasteiger partial charge in [-0.15, -0.1) is 0 Å². The van der Waals surface area contributed by atoms with Crippen LogP contribution in [0.2, 0.25) is 0 Å². The second-order valence-corrected chi connectivity index (χ2v) is 8.35. The zero-order valence-electron chi connectivity index (χ0n) is 18.1. The van der Waals surface area contributed by atoms with Gasteiger partial charge in [0.15, 0.2) is 5.69 Å². The molecule has 5 rings (SSSR count). The highest BCUT2D eigenvalue weighted by molar-refractivity contribution is 5.94. The van der Waals surface area contributed by atoms with Gasteiger partial charge < -0.3 is 15.4 Å². The van der Waals surface area contributed by atoms with Crippen molar-refractivity contribution in [1.82, 2.24) is 15.1 Å². The second-order valence-electron chi connectivity index (χ2n) is 8.35. The minimum absolute atomic E-state index is 0.0465. The summed E-state index contributed by atoms with van der Waals surface area (Å²) >= 11 is 0. The lowest BCUT2D eigenvalue weighted by atomic mass is 10.0. The number of hydrogen-bond acceptors (Lipinski definition) is 4. The van der Waals surface area contributed by atoms with Crippen LogP contribution in [0.3, 0.4) is 0 Å². The zero-order chi connectivity index (χ0) is 22.1. The van der Waals surface area contributed by atoms with Crippen LogP contribution in [0.15, 0.2) is 42.5 Å². The molecule has 2 aromatic carbocycles. The molecule has 1 aliphatic carbocycles. The molecule has 0 saturated heterocycles. The molecule has 0 atom stereocenters. The van der Waals surface area contributed by atoms with Gasteiger partial charge in [0.25, 0.3) is 5.91 Å². The van der Waals surface area contributed by atoms with Crippen molar-refractivity contribution in [3.8, 4) is 11.4 Å². The topological polar surface area (TPSA) is 85.2 Å². The van der Waals surface area contributed by atoms with E-state index in [1.807, 2.05) is 35.0 Å². The van der Waals surface area contributed by atoms with Crippen molar-refractivity contribution in [3.63, 3.8) is 0 Å². The number of benzene rings is 2. The number of anilines is 1. The molecule has 0 unspecified atom stereocenters. The summed E-state index contributed by atoms with van der Waals surface area (Å²) in [6.45, 7) is 2.80. The molecule has 2 heterocycles. The maximum Gasteiger partial charge on any atom is 0.272 e. The van der Waals surface area contributed by atoms with Crippen LogP contribution in [0.4, 0.5) is 5.69 Å². The van der Waals surface area contributed by atoms with Crippen LogP contribution in [-0.2, 0) is 24.1 Å². The van der Waals surface area contributed by atoms with Gasteiger partial charge >= 0.3 is 0 Å². The largest absolute Gasteiger partial charge is 0.492 e. The van der Waals surface area contributed by atoms with Crippen molar-refractivity contribution in [3.05, 3.63) is 70.5 Å². The molecule has 0 spiro atoms. The molecule has 164 valence electrons. The molecule has 0 saturated carbocycles. The number of aromatic nitrogens is 2. The number of hydrogen-bond donors (Lipinski definition) is 2. The van der Waals surface area contributed by atoms with Crippen molar-refractivity contribution in [2.24, 2.45) is 0 Å². The molecule has 1 aliphatic heterocycles. The highest BCUT2D eigenvalue weighted by Gasteiger charge is 2.26. The van der Waals surface area contributed by atoms with Crippen molar-refractivity contribution < 1.29 is 14.3 Å². The third-order valence-corrected chi connectivity index (χ3v) is 6.05. The lowest BCUT2D eigenvalue weighted by Crippen LogP contribution is -2.29. The number of aryl methyl sites for hydroxylation is 2. The SMILES string of the molecule is Cc1ccc(-n2nc(C(=O)NCCOc3ccc4c(c3)CCC(=O)N4)c3c2CCC3)cc1. The Kier molecular flexibility index (Phi) is 5.39. The Morgan fingerprint density at radius 1 is 1.12 bits per heavy atom. The number of nitrogens with one attached hydrogen (secondary N) is 2. The van der Waals surface area contributed by atoms with Crippen molar-refractivity contribution >= 4 is 17.5 Å². The van der Waals surface area contributed by atoms with Gasteiger partial charge in [-0.3, -0.25) is 9.59 Å². The number of carbonyl (C=O) groups is 2. The standard InChI is InChI=1S/C25H26N4O3/c1-16-5-8-18(9-6-16)29-22-4-2-3-20(22)24(28-29)25(31)26-13-14-32-19-10-11-21-17(15-19)7-12-23(30)27-21/h5-6,8-11,15H,2-4,7,12-14H2,1H3,(H,26,31)(H,27,30). The van der Waals surface area contributed by atoms with Gasteiger partial charge in [-0.1, -0.05) is 17.7 Å². The third kappa shape index (κ3) is 3.98. The van der Waals surface area contributed by atoms with E-state index in [2.05, 4.69) is 34.8 Å². The fourth-order valence-electron chi connectivity index (χ4n) is 4.39. The molecule has 2 N–H and O–H groups in total. The monoisotopic (exact) mass is 430 g/mol. The van der Waals surface area contributed by atoms with E-state index in [9.17, 15) is 9.59 Å². The number of carbonyl (C=O) groups excluding carboxylic acids is 2. The van der Waals surface area contributed by atoms with Crippen LogP contribution in [0.5, 0.6) is 5.75 Å². The first-order valence-corrected chi connectivity index (χ1v) is 11.1. The fourth-order valence-corrected chi connectivity index (χ4v) is 4.39. The van der Waals surface area contributed by atoms with E-state index in [1.165, 1.54) is 5.56 Å². The van der Waals surface area contributed by atoms with Crippen molar-refractivity contribution in [2.45, 2.75) is 39.0 Å². The lowest BCUT2D eigenvalue weighted by Gasteiger charge is -2.17. The van der Waals surface area contributed by atoms with E-state index < -0.39 is 0 Å². The van der Waals surface area contributed by atoms with E-state index in [0.717, 1.165) is 53.2 Å². The van der Waals surface area contributed by atoms with Gasteiger partial charge in [-0.2, -0.15) is 5.10 Å². The summed E-state index contributed by atoms with van der Waals surface area (Å²) in [5.74, 6) is 0.620. The third-order valence-electron chi connectivity index (χ3n) is 6.05. The van der Waals surface area contributed by atoms with Crippen LogP contribution < -0.4 is 15.4 Å². The fraction of sp³-hybridized carbons (Fsp3) is 0.320. The van der Waals surface area contributed by atoms with E-state index in [4.69, 9.17) is 4.74 Å². The van der Waals surface area contributed by atoms with Gasteiger partial charge in [0.2, 0.25) is 5.91 Å². The van der Waals surface area contributed by atoms with E-state index in [0.29, 0.717) is 31.7 Å². The molecule has 0 fully saturated rings. The smallest absolute Gasteiger partial charge is 0.272 e. The second kappa shape index (κ2) is 8.49. The minimum Gasteiger partial charge on any atom is -0.492 e. The summed E-state index contributed by atoms with van der Waals surface area (Å²) in [6, 6.07) is 13.9. The quantitative estimate of drug-likeness (QED) is 0.587. The van der Waals surface area contributed by atoms with Gasteiger partial charge in [0.1, 0.15) is 12.4 Å². The number of ether oxygens (including phenoxy) is 1. The predicted molar refractivity (Wildman–Crippen MR) is 122 cm³/mol. The zero-order valence-corrected chi connectivity index (χ0v) is 18.1. The Morgan fingerprint density at radius 2 is 1.97 bits per heavy atom. The van der Waals surface area contributed by atoms with E-state index in [-0.39, 0.29) is 11.8 Å². The van der Waals surface area contributed by atoms with Gasteiger partial charge in [0.05, 0.1) is 12.2 Å². The molecule has 0 radical (unpaired) electrons. The Morgan fingerprint density at radius 3 is 2.81 bits per heavy atom. The van der Waals surface area contributed by atoms with Crippen LogP contribution in [0.25, 0.3) is 5.69 Å². The Hall–Kier alpha value is -3.61. The summed E-state index contributed by atoms with van der Waals surface area (Å²) in [5.41, 5.74) is 6.81. The summed E-state index contributed by atoms with van der Waals surface area (Å²) in [4.78, 5) is 24.3. The molecule has 2 amide bonds. The molecular weight excluding hydrogens is 404 g/mol. The predicted octanol–water partition coefficient (Wildman–Crippen LogP) is 3.36. The first-order valence-electron chi connectivity index (χ1n) is 11.1. The van der Waals surface area contributed by atoms with E-state index >= 15 is 0 Å². The number of rotatable bonds is 6. The summed E-state index contributed by atoms with van der Waals surface area (Å²) in [5, 5.41) is 10.5. The van der Waals surface area contributed by atoms with Gasteiger partial charge in [-0.25, -0.2) is 4.68 Å². The van der Waals surface area contributed by atoms with Gasteiger partial charge in [0, 0.05) is 23.4 Å². The van der Waals surface area contributed by atoms with E-state index in [1.54, 1.807) is 0 Å². The summed E-state index contributed by atoms with van der Waals surface area (Å²) < 4.78 is 7.73. The van der Waals surface area contributed by atoms with Crippen molar-refractivity contribution in [2.75, 3.05) is 18.5 Å². The Balaban J connectivity index is 1.21.